The zero-order valence-corrected chi connectivity index (χ0v) is 14.7. The number of carbonyl (C=O) groups excluding carboxylic acids is 1. The van der Waals surface area contributed by atoms with Gasteiger partial charge in [-0.15, -0.1) is 11.3 Å². The first-order valence-electron chi connectivity index (χ1n) is 6.77. The summed E-state index contributed by atoms with van der Waals surface area (Å²) in [4.78, 5) is 21.8. The van der Waals surface area contributed by atoms with Gasteiger partial charge in [0.25, 0.3) is 5.91 Å². The molecule has 122 valence electrons. The molecule has 8 heteroatoms. The van der Waals surface area contributed by atoms with E-state index in [1.165, 1.54) is 36.7 Å². The number of aromatic nitrogens is 2. The minimum atomic E-state index is -0.576. The van der Waals surface area contributed by atoms with Crippen molar-refractivity contribution in [1.29, 1.82) is 0 Å². The maximum absolute atomic E-state index is 13.8. The van der Waals surface area contributed by atoms with Gasteiger partial charge >= 0.3 is 0 Å². The molecule has 2 heterocycles. The zero-order chi connectivity index (χ0) is 17.3. The highest BCUT2D eigenvalue weighted by molar-refractivity contribution is 7.13. The molecule has 0 spiro atoms. The topological polar surface area (TPSA) is 46.1 Å². The summed E-state index contributed by atoms with van der Waals surface area (Å²) in [7, 11) is 1.45. The average Bonchev–Trinajstić information content (AvgIpc) is 3.06. The normalized spacial score (nSPS) is 10.7. The van der Waals surface area contributed by atoms with Crippen LogP contribution < -0.4 is 4.90 Å². The van der Waals surface area contributed by atoms with Crippen LogP contribution in [0.5, 0.6) is 0 Å². The zero-order valence-electron chi connectivity index (χ0n) is 12.3. The second-order valence-corrected chi connectivity index (χ2v) is 6.51. The Hall–Kier alpha value is -2.02. The van der Waals surface area contributed by atoms with Crippen LogP contribution >= 0.6 is 34.5 Å². The van der Waals surface area contributed by atoms with E-state index in [0.29, 0.717) is 15.1 Å². The van der Waals surface area contributed by atoms with E-state index in [1.807, 2.05) is 0 Å². The third-order valence-corrected chi connectivity index (χ3v) is 4.88. The quantitative estimate of drug-likeness (QED) is 0.646. The molecule has 3 rings (SSSR count). The number of benzene rings is 1. The first-order valence-corrected chi connectivity index (χ1v) is 8.40. The van der Waals surface area contributed by atoms with E-state index in [-0.39, 0.29) is 11.5 Å². The van der Waals surface area contributed by atoms with Crippen LogP contribution in [0.25, 0.3) is 10.6 Å². The molecule has 0 unspecified atom stereocenters. The van der Waals surface area contributed by atoms with Crippen molar-refractivity contribution in [3.63, 3.8) is 0 Å². The fourth-order valence-corrected chi connectivity index (χ4v) is 3.11. The van der Waals surface area contributed by atoms with Gasteiger partial charge in [0.2, 0.25) is 0 Å². The summed E-state index contributed by atoms with van der Waals surface area (Å²) in [6, 6.07) is 7.82. The molecule has 0 fully saturated rings. The Morgan fingerprint density at radius 2 is 2.04 bits per heavy atom. The van der Waals surface area contributed by atoms with Gasteiger partial charge in [-0.25, -0.2) is 14.4 Å². The fourth-order valence-electron chi connectivity index (χ4n) is 2.03. The Balaban J connectivity index is 1.88. The number of amides is 1. The van der Waals surface area contributed by atoms with E-state index in [2.05, 4.69) is 9.97 Å². The lowest BCUT2D eigenvalue weighted by molar-refractivity contribution is 0.0987. The molecule has 3 aromatic rings. The monoisotopic (exact) mass is 381 g/mol. The van der Waals surface area contributed by atoms with Crippen LogP contribution in [0.3, 0.4) is 0 Å². The third-order valence-electron chi connectivity index (χ3n) is 3.25. The van der Waals surface area contributed by atoms with Crippen molar-refractivity contribution in [3.8, 4) is 10.6 Å². The van der Waals surface area contributed by atoms with Crippen molar-refractivity contribution in [3.05, 3.63) is 63.5 Å². The molecule has 2 aromatic heterocycles. The number of thiazole rings is 1. The Labute approximate surface area is 151 Å². The lowest BCUT2D eigenvalue weighted by atomic mass is 10.2. The van der Waals surface area contributed by atoms with E-state index >= 15 is 0 Å². The lowest BCUT2D eigenvalue weighted by Crippen LogP contribution is -2.28. The van der Waals surface area contributed by atoms with Crippen LogP contribution in [0.1, 0.15) is 10.5 Å². The molecule has 0 aliphatic heterocycles. The molecular formula is C16H10Cl2FN3OS. The molecule has 0 aliphatic rings. The van der Waals surface area contributed by atoms with Gasteiger partial charge in [0.1, 0.15) is 10.7 Å². The molecular weight excluding hydrogens is 372 g/mol. The first-order chi connectivity index (χ1) is 11.5. The SMILES string of the molecule is CN(C(=O)c1csc(-c2ccc(Cl)c(Cl)c2)n1)c1ncccc1F. The Morgan fingerprint density at radius 3 is 2.75 bits per heavy atom. The van der Waals surface area contributed by atoms with Crippen molar-refractivity contribution < 1.29 is 9.18 Å². The van der Waals surface area contributed by atoms with E-state index in [4.69, 9.17) is 23.2 Å². The number of halogens is 3. The highest BCUT2D eigenvalue weighted by Crippen LogP contribution is 2.30. The van der Waals surface area contributed by atoms with Crippen molar-refractivity contribution in [1.82, 2.24) is 9.97 Å². The molecule has 0 saturated heterocycles. The second-order valence-electron chi connectivity index (χ2n) is 4.84. The van der Waals surface area contributed by atoms with Gasteiger partial charge in [-0.3, -0.25) is 9.69 Å². The van der Waals surface area contributed by atoms with Gasteiger partial charge < -0.3 is 0 Å². The summed E-state index contributed by atoms with van der Waals surface area (Å²) >= 11 is 13.2. The standard InChI is InChI=1S/C16H10Cl2FN3OS/c1-22(14-12(19)3-2-6-20-14)16(23)13-8-24-15(21-13)9-4-5-10(17)11(18)7-9/h2-8H,1H3. The minimum absolute atomic E-state index is 0.0495. The van der Waals surface area contributed by atoms with Gasteiger partial charge in [0.05, 0.1) is 10.0 Å². The summed E-state index contributed by atoms with van der Waals surface area (Å²) in [5.74, 6) is -1.07. The molecule has 0 saturated carbocycles. The number of nitrogens with zero attached hydrogens (tertiary/aromatic N) is 3. The molecule has 0 aliphatic carbocycles. The predicted molar refractivity (Wildman–Crippen MR) is 94.5 cm³/mol. The van der Waals surface area contributed by atoms with Crippen molar-refractivity contribution >= 4 is 46.3 Å². The Bertz CT molecular complexity index is 916. The van der Waals surface area contributed by atoms with Gasteiger partial charge in [0, 0.05) is 24.2 Å². The molecule has 0 N–H and O–H groups in total. The number of anilines is 1. The average molecular weight is 382 g/mol. The van der Waals surface area contributed by atoms with Crippen LogP contribution in [-0.2, 0) is 0 Å². The molecule has 0 atom stereocenters. The number of carbonyl (C=O) groups is 1. The van der Waals surface area contributed by atoms with E-state index < -0.39 is 11.7 Å². The minimum Gasteiger partial charge on any atom is -0.292 e. The largest absolute Gasteiger partial charge is 0.292 e. The Morgan fingerprint density at radius 1 is 1.25 bits per heavy atom. The Kier molecular flexibility index (Phi) is 4.80. The van der Waals surface area contributed by atoms with E-state index in [1.54, 1.807) is 23.6 Å². The summed E-state index contributed by atoms with van der Waals surface area (Å²) in [5, 5.41) is 3.08. The fraction of sp³-hybridized carbons (Fsp3) is 0.0625. The smallest absolute Gasteiger partial charge is 0.278 e. The highest BCUT2D eigenvalue weighted by atomic mass is 35.5. The van der Waals surface area contributed by atoms with Gasteiger partial charge in [-0.2, -0.15) is 0 Å². The number of hydrogen-bond donors (Lipinski definition) is 0. The number of pyridine rings is 1. The van der Waals surface area contributed by atoms with E-state index in [9.17, 15) is 9.18 Å². The van der Waals surface area contributed by atoms with Crippen LogP contribution in [0.15, 0.2) is 41.9 Å². The summed E-state index contributed by atoms with van der Waals surface area (Å²) in [6.07, 6.45) is 1.42. The first kappa shape index (κ1) is 16.8. The molecule has 4 nitrogen and oxygen atoms in total. The van der Waals surface area contributed by atoms with Gasteiger partial charge in [-0.1, -0.05) is 29.3 Å². The van der Waals surface area contributed by atoms with Gasteiger partial charge in [0.15, 0.2) is 11.6 Å². The maximum Gasteiger partial charge on any atom is 0.278 e. The number of hydrogen-bond acceptors (Lipinski definition) is 4. The van der Waals surface area contributed by atoms with E-state index in [0.717, 1.165) is 10.5 Å². The lowest BCUT2D eigenvalue weighted by Gasteiger charge is -2.15. The maximum atomic E-state index is 13.8. The van der Waals surface area contributed by atoms with Crippen LogP contribution in [0, 0.1) is 5.82 Å². The summed E-state index contributed by atoms with van der Waals surface area (Å²) in [6.45, 7) is 0. The molecule has 0 bridgehead atoms. The van der Waals surface area contributed by atoms with Crippen LogP contribution in [0.4, 0.5) is 10.2 Å². The van der Waals surface area contributed by atoms with Crippen molar-refractivity contribution in [2.75, 3.05) is 11.9 Å². The van der Waals surface area contributed by atoms with Crippen molar-refractivity contribution in [2.45, 2.75) is 0 Å². The summed E-state index contributed by atoms with van der Waals surface area (Å²) in [5.41, 5.74) is 0.953. The van der Waals surface area contributed by atoms with Crippen molar-refractivity contribution in [2.24, 2.45) is 0 Å². The van der Waals surface area contributed by atoms with Crippen LogP contribution in [0.2, 0.25) is 10.0 Å². The van der Waals surface area contributed by atoms with Crippen LogP contribution in [-0.4, -0.2) is 22.9 Å². The molecule has 1 aromatic carbocycles. The molecule has 1 amide bonds. The molecule has 24 heavy (non-hydrogen) atoms. The number of rotatable bonds is 3. The highest BCUT2D eigenvalue weighted by Gasteiger charge is 2.20. The van der Waals surface area contributed by atoms with Gasteiger partial charge in [-0.05, 0) is 24.3 Å². The summed E-state index contributed by atoms with van der Waals surface area (Å²) < 4.78 is 13.8. The second kappa shape index (κ2) is 6.84. The predicted octanol–water partition coefficient (Wildman–Crippen LogP) is 4.93. The molecule has 0 radical (unpaired) electrons. The third kappa shape index (κ3) is 3.26.